The monoisotopic (exact) mass is 271 g/mol. The van der Waals surface area contributed by atoms with Crippen LogP contribution < -0.4 is 52.7 Å². The van der Waals surface area contributed by atoms with Gasteiger partial charge in [-0.05, 0) is 24.7 Å². The van der Waals surface area contributed by atoms with E-state index in [4.69, 9.17) is 0 Å². The molecule has 0 aromatic heterocycles. The molecule has 1 N–H and O–H groups in total. The van der Waals surface area contributed by atoms with Gasteiger partial charge >= 0.3 is 37.7 Å². The largest absolute Gasteiger partial charge is 1.00 e. The van der Waals surface area contributed by atoms with Crippen molar-refractivity contribution in [3.05, 3.63) is 29.3 Å². The van der Waals surface area contributed by atoms with Gasteiger partial charge < -0.3 is 19.8 Å². The van der Waals surface area contributed by atoms with Gasteiger partial charge in [-0.3, -0.25) is 0 Å². The molecule has 1 aromatic carbocycles. The van der Waals surface area contributed by atoms with Gasteiger partial charge in [0.15, 0.2) is 0 Å². The number of carbonyl (C=O) groups is 2. The summed E-state index contributed by atoms with van der Waals surface area (Å²) in [4.78, 5) is 20.7. The van der Waals surface area contributed by atoms with Crippen molar-refractivity contribution >= 4 is 22.0 Å². The molecule has 1 rings (SSSR count). The molecule has 0 amide bonds. The number of carbonyl (C=O) groups excluding carboxylic acids is 2. The van der Waals surface area contributed by atoms with Crippen LogP contribution in [0.4, 0.5) is 0 Å². The Hall–Kier alpha value is -0.735. The van der Waals surface area contributed by atoms with Crippen molar-refractivity contribution in [1.82, 2.24) is 4.72 Å². The molecule has 19 heavy (non-hydrogen) atoms. The summed E-state index contributed by atoms with van der Waals surface area (Å²) in [5.41, 5.74) is -1.18. The molecule has 0 unspecified atom stereocenters. The summed E-state index contributed by atoms with van der Waals surface area (Å²) in [6, 6.07) is 2.48. The first kappa shape index (κ1) is 20.6. The van der Waals surface area contributed by atoms with Crippen LogP contribution in [0.25, 0.3) is 0 Å². The Morgan fingerprint density at radius 3 is 2.00 bits per heavy atom. The third-order valence-electron chi connectivity index (χ3n) is 1.99. The van der Waals surface area contributed by atoms with Crippen LogP contribution in [0.15, 0.2) is 23.1 Å². The van der Waals surface area contributed by atoms with E-state index in [9.17, 15) is 28.2 Å². The van der Waals surface area contributed by atoms with Crippen molar-refractivity contribution in [2.75, 3.05) is 7.05 Å². The quantitative estimate of drug-likeness (QED) is 0.542. The predicted octanol–water partition coefficient (Wildman–Crippen LogP) is -8.67. The SMILES string of the molecule is CNS(=O)(=O)c1ccc(C(=O)[O-])cc1C(=O)[O-].[Li+].[Li+]. The number of carboxylic acids is 2. The fourth-order valence-corrected chi connectivity index (χ4v) is 2.06. The molecule has 0 spiro atoms. The Bertz CT molecular complexity index is 586. The molecule has 0 bridgehead atoms. The standard InChI is InChI=1S/C9H9NO6S.2Li/c1-10-17(15,16)7-3-2-5(8(11)12)4-6(7)9(13)14;;/h2-4,10H,1H3,(H,11,12)(H,13,14);;/q;2*+1/p-2. The molecule has 92 valence electrons. The van der Waals surface area contributed by atoms with E-state index in [1.165, 1.54) is 0 Å². The van der Waals surface area contributed by atoms with E-state index >= 15 is 0 Å². The molecule has 0 radical (unpaired) electrons. The number of rotatable bonds is 4. The van der Waals surface area contributed by atoms with Crippen molar-refractivity contribution in [3.63, 3.8) is 0 Å². The maximum atomic E-state index is 11.4. The Labute approximate surface area is 133 Å². The summed E-state index contributed by atoms with van der Waals surface area (Å²) in [5.74, 6) is -3.40. The van der Waals surface area contributed by atoms with E-state index in [1.54, 1.807) is 0 Å². The van der Waals surface area contributed by atoms with Gasteiger partial charge in [0.25, 0.3) is 0 Å². The van der Waals surface area contributed by atoms with Crippen LogP contribution in [0.5, 0.6) is 0 Å². The van der Waals surface area contributed by atoms with Gasteiger partial charge in [0.1, 0.15) is 0 Å². The van der Waals surface area contributed by atoms with E-state index in [2.05, 4.69) is 0 Å². The van der Waals surface area contributed by atoms with Crippen molar-refractivity contribution in [1.29, 1.82) is 0 Å². The molecule has 0 heterocycles. The second-order valence-corrected chi connectivity index (χ2v) is 4.85. The van der Waals surface area contributed by atoms with E-state index in [1.807, 2.05) is 4.72 Å². The Morgan fingerprint density at radius 2 is 1.63 bits per heavy atom. The van der Waals surface area contributed by atoms with Crippen molar-refractivity contribution in [3.8, 4) is 0 Å². The van der Waals surface area contributed by atoms with Gasteiger partial charge in [0, 0.05) is 5.56 Å². The Morgan fingerprint density at radius 1 is 1.11 bits per heavy atom. The summed E-state index contributed by atoms with van der Waals surface area (Å²) >= 11 is 0. The number of hydrogen-bond acceptors (Lipinski definition) is 6. The van der Waals surface area contributed by atoms with Crippen LogP contribution in [0.1, 0.15) is 20.7 Å². The topological polar surface area (TPSA) is 126 Å². The predicted molar refractivity (Wildman–Crippen MR) is 51.3 cm³/mol. The van der Waals surface area contributed by atoms with E-state index in [0.29, 0.717) is 6.07 Å². The van der Waals surface area contributed by atoms with E-state index < -0.39 is 38.0 Å². The molecule has 0 fully saturated rings. The molecule has 7 nitrogen and oxygen atoms in total. The molecule has 1 aromatic rings. The van der Waals surface area contributed by atoms with Gasteiger partial charge in [-0.2, -0.15) is 0 Å². The molecule has 0 saturated heterocycles. The molecular formula is C9H7Li2NO6S. The summed E-state index contributed by atoms with van der Waals surface area (Å²) in [6.45, 7) is 0. The minimum absolute atomic E-state index is 0. The van der Waals surface area contributed by atoms with Crippen molar-refractivity contribution in [2.24, 2.45) is 0 Å². The minimum Gasteiger partial charge on any atom is -0.545 e. The second kappa shape index (κ2) is 7.76. The van der Waals surface area contributed by atoms with Gasteiger partial charge in [-0.15, -0.1) is 0 Å². The fraction of sp³-hybridized carbons (Fsp3) is 0.111. The van der Waals surface area contributed by atoms with Gasteiger partial charge in [0.2, 0.25) is 10.0 Å². The molecule has 0 saturated carbocycles. The third-order valence-corrected chi connectivity index (χ3v) is 3.47. The average Bonchev–Trinajstić information content (AvgIpc) is 2.28. The normalized spacial score (nSPS) is 9.95. The van der Waals surface area contributed by atoms with Crippen molar-refractivity contribution in [2.45, 2.75) is 4.90 Å². The molecule has 0 aliphatic carbocycles. The van der Waals surface area contributed by atoms with Crippen LogP contribution in [0, 0.1) is 0 Å². The Kier molecular flexibility index (Phi) is 8.40. The first-order chi connectivity index (χ1) is 7.79. The summed E-state index contributed by atoms with van der Waals surface area (Å²) < 4.78 is 24.8. The summed E-state index contributed by atoms with van der Waals surface area (Å²) in [7, 11) is -2.90. The number of carboxylic acid groups (broad SMARTS) is 2. The van der Waals surface area contributed by atoms with E-state index in [0.717, 1.165) is 19.2 Å². The van der Waals surface area contributed by atoms with Crippen LogP contribution in [-0.2, 0) is 10.0 Å². The smallest absolute Gasteiger partial charge is 0.545 e. The van der Waals surface area contributed by atoms with Crippen LogP contribution in [-0.4, -0.2) is 27.4 Å². The second-order valence-electron chi connectivity index (χ2n) is 2.99. The maximum Gasteiger partial charge on any atom is 1.00 e. The number of benzene rings is 1. The zero-order valence-corrected chi connectivity index (χ0v) is 11.4. The average molecular weight is 271 g/mol. The molecule has 0 aliphatic rings. The van der Waals surface area contributed by atoms with Gasteiger partial charge in [-0.1, -0.05) is 6.07 Å². The van der Waals surface area contributed by atoms with Crippen molar-refractivity contribution < 1.29 is 65.9 Å². The van der Waals surface area contributed by atoms with Crippen LogP contribution in [0.2, 0.25) is 0 Å². The zero-order valence-electron chi connectivity index (χ0n) is 10.6. The number of nitrogens with one attached hydrogen (secondary N) is 1. The summed E-state index contributed by atoms with van der Waals surface area (Å²) in [6.07, 6.45) is 0. The maximum absolute atomic E-state index is 11.4. The molecule has 10 heteroatoms. The first-order valence-electron chi connectivity index (χ1n) is 4.30. The van der Waals surface area contributed by atoms with Crippen LogP contribution in [0.3, 0.4) is 0 Å². The summed E-state index contributed by atoms with van der Waals surface area (Å²) in [5, 5.41) is 21.3. The third kappa shape index (κ3) is 4.70. The van der Waals surface area contributed by atoms with Gasteiger partial charge in [0.05, 0.1) is 16.8 Å². The fourth-order valence-electron chi connectivity index (χ4n) is 1.16. The van der Waals surface area contributed by atoms with E-state index in [-0.39, 0.29) is 37.7 Å². The number of sulfonamides is 1. The Balaban J connectivity index is 0. The molecular weight excluding hydrogens is 264 g/mol. The number of hydrogen-bond donors (Lipinski definition) is 1. The van der Waals surface area contributed by atoms with Crippen LogP contribution >= 0.6 is 0 Å². The molecule has 0 aliphatic heterocycles. The van der Waals surface area contributed by atoms with Gasteiger partial charge in [-0.25, -0.2) is 13.1 Å². The molecule has 0 atom stereocenters. The number of aromatic carboxylic acids is 2. The first-order valence-corrected chi connectivity index (χ1v) is 5.78. The zero-order chi connectivity index (χ0) is 13.2. The minimum atomic E-state index is -4.00.